The van der Waals surface area contributed by atoms with E-state index in [9.17, 15) is 13.2 Å². The van der Waals surface area contributed by atoms with Crippen molar-refractivity contribution in [3.8, 4) is 0 Å². The minimum atomic E-state index is -3.46. The van der Waals surface area contributed by atoms with Gasteiger partial charge in [-0.2, -0.15) is 0 Å². The number of nitrogens with zero attached hydrogens (tertiary/aromatic N) is 1. The van der Waals surface area contributed by atoms with E-state index in [4.69, 9.17) is 5.11 Å². The number of aromatic nitrogens is 1. The van der Waals surface area contributed by atoms with Gasteiger partial charge in [0.15, 0.2) is 9.84 Å². The molecule has 7 heteroatoms. The van der Waals surface area contributed by atoms with Crippen LogP contribution < -0.4 is 0 Å². The number of rotatable bonds is 6. The number of sulfone groups is 1. The van der Waals surface area contributed by atoms with Gasteiger partial charge >= 0.3 is 5.97 Å². The summed E-state index contributed by atoms with van der Waals surface area (Å²) in [6, 6.07) is 5.94. The highest BCUT2D eigenvalue weighted by atomic mass is 32.2. The summed E-state index contributed by atoms with van der Waals surface area (Å²) in [5.41, 5.74) is 1.12. The zero-order valence-electron chi connectivity index (χ0n) is 11.4. The molecule has 1 aromatic carbocycles. The third kappa shape index (κ3) is 4.12. The molecule has 0 aliphatic rings. The smallest absolute Gasteiger partial charge is 0.307 e. The fourth-order valence-corrected chi connectivity index (χ4v) is 3.95. The molecule has 0 spiro atoms. The quantitative estimate of drug-likeness (QED) is 0.881. The van der Waals surface area contributed by atoms with E-state index in [1.165, 1.54) is 35.6 Å². The van der Waals surface area contributed by atoms with Gasteiger partial charge in [0.1, 0.15) is 0 Å². The van der Waals surface area contributed by atoms with E-state index >= 15 is 0 Å². The lowest BCUT2D eigenvalue weighted by molar-refractivity contribution is -0.136. The number of aryl methyl sites for hydroxylation is 1. The summed E-state index contributed by atoms with van der Waals surface area (Å²) in [4.78, 5) is 15.0. The lowest BCUT2D eigenvalue weighted by atomic mass is 10.2. The Balaban J connectivity index is 2.17. The molecule has 0 aliphatic heterocycles. The highest BCUT2D eigenvalue weighted by Crippen LogP contribution is 2.19. The van der Waals surface area contributed by atoms with E-state index < -0.39 is 15.8 Å². The van der Waals surface area contributed by atoms with E-state index in [-0.39, 0.29) is 17.1 Å². The number of hydrogen-bond donors (Lipinski definition) is 1. The molecule has 0 bridgehead atoms. The van der Waals surface area contributed by atoms with Crippen LogP contribution in [0.15, 0.2) is 34.5 Å². The van der Waals surface area contributed by atoms with Crippen LogP contribution >= 0.6 is 11.3 Å². The number of benzene rings is 1. The van der Waals surface area contributed by atoms with Crippen molar-refractivity contribution in [1.29, 1.82) is 0 Å². The van der Waals surface area contributed by atoms with Crippen LogP contribution in [0, 0.1) is 0 Å². The highest BCUT2D eigenvalue weighted by Gasteiger charge is 2.17. The van der Waals surface area contributed by atoms with Crippen molar-refractivity contribution in [3.63, 3.8) is 0 Å². The molecule has 0 saturated carbocycles. The first-order chi connectivity index (χ1) is 9.90. The molecule has 0 saturated heterocycles. The minimum absolute atomic E-state index is 0.119. The van der Waals surface area contributed by atoms with Crippen molar-refractivity contribution in [1.82, 2.24) is 4.98 Å². The van der Waals surface area contributed by atoms with Gasteiger partial charge in [0.25, 0.3) is 0 Å². The topological polar surface area (TPSA) is 84.3 Å². The second kappa shape index (κ2) is 6.36. The predicted octanol–water partition coefficient (Wildman–Crippen LogP) is 2.31. The summed E-state index contributed by atoms with van der Waals surface area (Å²) < 4.78 is 24.6. The molecule has 0 atom stereocenters. The standard InChI is InChI=1S/C14H15NO4S2/c1-2-13-15-11(8-20-13)9-21(18,19)12-5-3-10(4-6-12)7-14(16)17/h3-6,8H,2,7,9H2,1H3,(H,16,17). The molecule has 0 fully saturated rings. The molecule has 0 amide bonds. The molecule has 21 heavy (non-hydrogen) atoms. The second-order valence-electron chi connectivity index (χ2n) is 4.56. The Morgan fingerprint density at radius 3 is 2.48 bits per heavy atom. The van der Waals surface area contributed by atoms with Gasteiger partial charge < -0.3 is 5.11 Å². The molecule has 1 heterocycles. The number of carboxylic acid groups (broad SMARTS) is 1. The molecule has 1 N–H and O–H groups in total. The summed E-state index contributed by atoms with van der Waals surface area (Å²) in [6.07, 6.45) is 0.668. The fraction of sp³-hybridized carbons (Fsp3) is 0.286. The normalized spacial score (nSPS) is 11.5. The van der Waals surface area contributed by atoms with E-state index in [1.54, 1.807) is 5.38 Å². The van der Waals surface area contributed by atoms with Crippen molar-refractivity contribution in [2.24, 2.45) is 0 Å². The Hall–Kier alpha value is -1.73. The molecule has 0 unspecified atom stereocenters. The van der Waals surface area contributed by atoms with Gasteiger partial charge in [-0.3, -0.25) is 4.79 Å². The maximum atomic E-state index is 12.3. The average molecular weight is 325 g/mol. The number of carboxylic acids is 1. The van der Waals surface area contributed by atoms with Crippen LogP contribution in [0.1, 0.15) is 23.2 Å². The molecule has 0 aliphatic carbocycles. The first kappa shape index (κ1) is 15.7. The van der Waals surface area contributed by atoms with Crippen LogP contribution in [0.25, 0.3) is 0 Å². The van der Waals surface area contributed by atoms with Gasteiger partial charge in [-0.1, -0.05) is 19.1 Å². The molecule has 1 aromatic heterocycles. The first-order valence-corrected chi connectivity index (χ1v) is 8.90. The third-order valence-electron chi connectivity index (χ3n) is 2.88. The van der Waals surface area contributed by atoms with Crippen LogP contribution in [0.5, 0.6) is 0 Å². The molecule has 2 rings (SSSR count). The Labute approximate surface area is 127 Å². The summed E-state index contributed by atoms with van der Waals surface area (Å²) >= 11 is 1.45. The molecule has 5 nitrogen and oxygen atoms in total. The van der Waals surface area contributed by atoms with Gasteiger partial charge in [-0.15, -0.1) is 11.3 Å². The number of thiazole rings is 1. The Kier molecular flexibility index (Phi) is 4.74. The van der Waals surface area contributed by atoms with E-state index in [2.05, 4.69) is 4.98 Å². The lowest BCUT2D eigenvalue weighted by Gasteiger charge is -2.04. The number of aliphatic carboxylic acids is 1. The van der Waals surface area contributed by atoms with E-state index in [1.807, 2.05) is 6.92 Å². The zero-order valence-corrected chi connectivity index (χ0v) is 13.1. The maximum absolute atomic E-state index is 12.3. The first-order valence-electron chi connectivity index (χ1n) is 6.37. The van der Waals surface area contributed by atoms with Crippen molar-refractivity contribution >= 4 is 27.1 Å². The molecule has 112 valence electrons. The Bertz CT molecular complexity index is 733. The van der Waals surface area contributed by atoms with Gasteiger partial charge in [-0.25, -0.2) is 13.4 Å². The maximum Gasteiger partial charge on any atom is 0.307 e. The van der Waals surface area contributed by atoms with Gasteiger partial charge in [0.05, 0.1) is 27.8 Å². The van der Waals surface area contributed by atoms with Crippen molar-refractivity contribution in [2.75, 3.05) is 0 Å². The van der Waals surface area contributed by atoms with E-state index in [0.717, 1.165) is 11.4 Å². The summed E-state index contributed by atoms with van der Waals surface area (Å²) in [7, 11) is -3.46. The number of hydrogen-bond acceptors (Lipinski definition) is 5. The SMILES string of the molecule is CCc1nc(CS(=O)(=O)c2ccc(CC(=O)O)cc2)cs1. The molecular weight excluding hydrogens is 310 g/mol. The summed E-state index contributed by atoms with van der Waals surface area (Å²) in [6.45, 7) is 1.97. The predicted molar refractivity (Wildman–Crippen MR) is 80.2 cm³/mol. The zero-order chi connectivity index (χ0) is 15.5. The van der Waals surface area contributed by atoms with Crippen LogP contribution in [-0.4, -0.2) is 24.5 Å². The van der Waals surface area contributed by atoms with Crippen molar-refractivity contribution in [3.05, 3.63) is 45.9 Å². The fourth-order valence-electron chi connectivity index (χ4n) is 1.84. The minimum Gasteiger partial charge on any atom is -0.481 e. The third-order valence-corrected chi connectivity index (χ3v) is 5.59. The Morgan fingerprint density at radius 1 is 1.29 bits per heavy atom. The summed E-state index contributed by atoms with van der Waals surface area (Å²) in [5, 5.41) is 11.4. The molecule has 0 radical (unpaired) electrons. The Morgan fingerprint density at radius 2 is 1.95 bits per heavy atom. The second-order valence-corrected chi connectivity index (χ2v) is 7.49. The van der Waals surface area contributed by atoms with Crippen LogP contribution in [0.4, 0.5) is 0 Å². The van der Waals surface area contributed by atoms with Crippen LogP contribution in [0.2, 0.25) is 0 Å². The number of carbonyl (C=O) groups is 1. The van der Waals surface area contributed by atoms with Gasteiger partial charge in [0.2, 0.25) is 0 Å². The largest absolute Gasteiger partial charge is 0.481 e. The average Bonchev–Trinajstić information content (AvgIpc) is 2.85. The van der Waals surface area contributed by atoms with Crippen molar-refractivity contribution in [2.45, 2.75) is 30.4 Å². The summed E-state index contributed by atoms with van der Waals surface area (Å²) in [5.74, 6) is -1.08. The molecule has 2 aromatic rings. The monoisotopic (exact) mass is 325 g/mol. The van der Waals surface area contributed by atoms with Crippen LogP contribution in [0.3, 0.4) is 0 Å². The lowest BCUT2D eigenvalue weighted by Crippen LogP contribution is -2.06. The van der Waals surface area contributed by atoms with Gasteiger partial charge in [-0.05, 0) is 24.1 Å². The van der Waals surface area contributed by atoms with Crippen molar-refractivity contribution < 1.29 is 18.3 Å². The van der Waals surface area contributed by atoms with Gasteiger partial charge in [0, 0.05) is 5.38 Å². The van der Waals surface area contributed by atoms with Crippen LogP contribution in [-0.2, 0) is 33.2 Å². The van der Waals surface area contributed by atoms with E-state index in [0.29, 0.717) is 11.3 Å². The molecular formula is C14H15NO4S2. The highest BCUT2D eigenvalue weighted by molar-refractivity contribution is 7.90.